The molecule has 0 radical (unpaired) electrons. The van der Waals surface area contributed by atoms with Gasteiger partial charge in [0.05, 0.1) is 18.8 Å². The molecule has 1 heterocycles. The van der Waals surface area contributed by atoms with Crippen LogP contribution in [0.2, 0.25) is 0 Å². The molecule has 0 bridgehead atoms. The fourth-order valence-electron chi connectivity index (χ4n) is 2.58. The van der Waals surface area contributed by atoms with Gasteiger partial charge in [-0.2, -0.15) is 0 Å². The number of nitrogens with one attached hydrogen (secondary N) is 1. The summed E-state index contributed by atoms with van der Waals surface area (Å²) in [5.74, 6) is 1.01. The quantitative estimate of drug-likeness (QED) is 0.723. The van der Waals surface area contributed by atoms with Crippen LogP contribution in [0.25, 0.3) is 0 Å². The average molecular weight is 285 g/mol. The molecule has 2 atom stereocenters. The smallest absolute Gasteiger partial charge is 0.241 e. The molecular weight excluding hydrogens is 254 g/mol. The Bertz CT molecular complexity index is 307. The van der Waals surface area contributed by atoms with Gasteiger partial charge in [-0.05, 0) is 18.9 Å². The molecule has 20 heavy (non-hydrogen) atoms. The number of carbonyl (C=O) groups is 1. The Hall–Kier alpha value is -0.650. The molecule has 0 saturated carbocycles. The van der Waals surface area contributed by atoms with Crippen LogP contribution in [0.5, 0.6) is 0 Å². The summed E-state index contributed by atoms with van der Waals surface area (Å²) in [5, 5.41) is 3.49. The van der Waals surface area contributed by atoms with Gasteiger partial charge in [-0.25, -0.2) is 0 Å². The van der Waals surface area contributed by atoms with Crippen molar-refractivity contribution in [3.63, 3.8) is 0 Å². The maximum absolute atomic E-state index is 12.5. The van der Waals surface area contributed by atoms with Crippen LogP contribution in [0.15, 0.2) is 0 Å². The van der Waals surface area contributed by atoms with Crippen molar-refractivity contribution in [3.05, 3.63) is 0 Å². The third-order valence-corrected chi connectivity index (χ3v) is 3.93. The Morgan fingerprint density at radius 3 is 2.40 bits per heavy atom. The first-order valence-corrected chi connectivity index (χ1v) is 7.62. The van der Waals surface area contributed by atoms with E-state index in [4.69, 9.17) is 4.74 Å². The van der Waals surface area contributed by atoms with Crippen molar-refractivity contribution in [3.8, 4) is 0 Å². The van der Waals surface area contributed by atoms with E-state index in [1.54, 1.807) is 7.11 Å². The zero-order valence-electron chi connectivity index (χ0n) is 13.8. The summed E-state index contributed by atoms with van der Waals surface area (Å²) in [6.45, 7) is 11.8. The maximum atomic E-state index is 12.5. The lowest BCUT2D eigenvalue weighted by Crippen LogP contribution is -2.44. The molecule has 0 aliphatic carbocycles. The van der Waals surface area contributed by atoms with E-state index in [-0.39, 0.29) is 18.1 Å². The summed E-state index contributed by atoms with van der Waals surface area (Å²) in [6, 6.07) is -0.0355. The van der Waals surface area contributed by atoms with Crippen LogP contribution in [0.3, 0.4) is 0 Å². The molecule has 2 unspecified atom stereocenters. The van der Waals surface area contributed by atoms with Crippen LogP contribution < -0.4 is 5.32 Å². The van der Waals surface area contributed by atoms with Crippen LogP contribution >= 0.6 is 0 Å². The molecule has 1 aliphatic heterocycles. The number of ether oxygens (including phenoxy) is 1. The van der Waals surface area contributed by atoms with E-state index in [0.717, 1.165) is 26.2 Å². The standard InChI is InChI=1S/C15H31N3O2/c1-11(2)13-15(19)18(14(16-13)12(3)4)8-7-17(5)9-10-20-6/h11-14,16H,7-10H2,1-6H3. The SMILES string of the molecule is COCCN(C)CCN1C(=O)C(C(C)C)NC1C(C)C. The van der Waals surface area contributed by atoms with Crippen molar-refractivity contribution < 1.29 is 9.53 Å². The summed E-state index contributed by atoms with van der Waals surface area (Å²) in [5.41, 5.74) is 0. The molecule has 1 N–H and O–H groups in total. The molecule has 1 amide bonds. The van der Waals surface area contributed by atoms with Crippen LogP contribution in [-0.2, 0) is 9.53 Å². The van der Waals surface area contributed by atoms with Crippen molar-refractivity contribution in [2.45, 2.75) is 39.9 Å². The summed E-state index contributed by atoms with van der Waals surface area (Å²) in [4.78, 5) is 16.7. The summed E-state index contributed by atoms with van der Waals surface area (Å²) in [7, 11) is 3.78. The largest absolute Gasteiger partial charge is 0.383 e. The summed E-state index contributed by atoms with van der Waals surface area (Å²) < 4.78 is 5.08. The van der Waals surface area contributed by atoms with Gasteiger partial charge in [0, 0.05) is 26.7 Å². The fraction of sp³-hybridized carbons (Fsp3) is 0.933. The molecular formula is C15H31N3O2. The van der Waals surface area contributed by atoms with Crippen LogP contribution in [0, 0.1) is 11.8 Å². The van der Waals surface area contributed by atoms with Gasteiger partial charge >= 0.3 is 0 Å². The number of hydrogen-bond acceptors (Lipinski definition) is 4. The van der Waals surface area contributed by atoms with E-state index >= 15 is 0 Å². The molecule has 0 aromatic heterocycles. The van der Waals surface area contributed by atoms with E-state index in [0.29, 0.717) is 11.8 Å². The Morgan fingerprint density at radius 1 is 1.25 bits per heavy atom. The van der Waals surface area contributed by atoms with Crippen molar-refractivity contribution in [2.24, 2.45) is 11.8 Å². The minimum Gasteiger partial charge on any atom is -0.383 e. The highest BCUT2D eigenvalue weighted by molar-refractivity contribution is 5.84. The number of nitrogens with zero attached hydrogens (tertiary/aromatic N) is 2. The number of amides is 1. The zero-order chi connectivity index (χ0) is 15.3. The van der Waals surface area contributed by atoms with E-state index in [1.165, 1.54) is 0 Å². The van der Waals surface area contributed by atoms with Gasteiger partial charge in [-0.3, -0.25) is 10.1 Å². The first-order chi connectivity index (χ1) is 9.38. The fourth-order valence-corrected chi connectivity index (χ4v) is 2.58. The van der Waals surface area contributed by atoms with E-state index in [9.17, 15) is 4.79 Å². The lowest BCUT2D eigenvalue weighted by atomic mass is 10.0. The Morgan fingerprint density at radius 2 is 1.90 bits per heavy atom. The minimum absolute atomic E-state index is 0.0355. The number of hydrogen-bond donors (Lipinski definition) is 1. The van der Waals surface area contributed by atoms with Gasteiger partial charge in [0.1, 0.15) is 0 Å². The molecule has 0 aromatic carbocycles. The van der Waals surface area contributed by atoms with Crippen LogP contribution in [-0.4, -0.2) is 68.3 Å². The molecule has 5 heteroatoms. The lowest BCUT2D eigenvalue weighted by molar-refractivity contribution is -0.131. The molecule has 118 valence electrons. The molecule has 0 spiro atoms. The maximum Gasteiger partial charge on any atom is 0.241 e. The molecule has 1 aliphatic rings. The van der Waals surface area contributed by atoms with E-state index in [2.05, 4.69) is 45.0 Å². The second-order valence-electron chi connectivity index (χ2n) is 6.40. The Balaban J connectivity index is 2.58. The third kappa shape index (κ3) is 4.43. The number of rotatable bonds is 8. The first-order valence-electron chi connectivity index (χ1n) is 7.62. The highest BCUT2D eigenvalue weighted by atomic mass is 16.5. The molecule has 1 saturated heterocycles. The van der Waals surface area contributed by atoms with E-state index < -0.39 is 0 Å². The van der Waals surface area contributed by atoms with E-state index in [1.807, 2.05) is 4.90 Å². The number of likely N-dealkylation sites (N-methyl/N-ethyl adjacent to an activating group) is 1. The minimum atomic E-state index is -0.0355. The van der Waals surface area contributed by atoms with Crippen LogP contribution in [0.4, 0.5) is 0 Å². The van der Waals surface area contributed by atoms with Gasteiger partial charge in [-0.1, -0.05) is 27.7 Å². The highest BCUT2D eigenvalue weighted by Crippen LogP contribution is 2.21. The molecule has 5 nitrogen and oxygen atoms in total. The first kappa shape index (κ1) is 17.4. The third-order valence-electron chi connectivity index (χ3n) is 3.93. The topological polar surface area (TPSA) is 44.8 Å². The Labute approximate surface area is 123 Å². The van der Waals surface area contributed by atoms with Crippen molar-refractivity contribution >= 4 is 5.91 Å². The molecule has 0 aromatic rings. The monoisotopic (exact) mass is 285 g/mol. The van der Waals surface area contributed by atoms with Gasteiger partial charge in [0.25, 0.3) is 0 Å². The van der Waals surface area contributed by atoms with Crippen molar-refractivity contribution in [2.75, 3.05) is 40.4 Å². The summed E-state index contributed by atoms with van der Waals surface area (Å²) >= 11 is 0. The van der Waals surface area contributed by atoms with Crippen molar-refractivity contribution in [1.29, 1.82) is 0 Å². The predicted octanol–water partition coefficient (Wildman–Crippen LogP) is 1.00. The van der Waals surface area contributed by atoms with Gasteiger partial charge in [0.15, 0.2) is 0 Å². The lowest BCUT2D eigenvalue weighted by Gasteiger charge is -2.29. The van der Waals surface area contributed by atoms with Crippen LogP contribution in [0.1, 0.15) is 27.7 Å². The number of carbonyl (C=O) groups excluding carboxylic acids is 1. The second-order valence-corrected chi connectivity index (χ2v) is 6.40. The Kier molecular flexibility index (Phi) is 6.92. The zero-order valence-corrected chi connectivity index (χ0v) is 13.8. The second kappa shape index (κ2) is 7.96. The molecule has 1 rings (SSSR count). The molecule has 1 fully saturated rings. The predicted molar refractivity (Wildman–Crippen MR) is 81.5 cm³/mol. The highest BCUT2D eigenvalue weighted by Gasteiger charge is 2.41. The average Bonchev–Trinajstić information content (AvgIpc) is 2.71. The van der Waals surface area contributed by atoms with Crippen molar-refractivity contribution in [1.82, 2.24) is 15.1 Å². The summed E-state index contributed by atoms with van der Waals surface area (Å²) in [6.07, 6.45) is 0.158. The van der Waals surface area contributed by atoms with Gasteiger partial charge < -0.3 is 14.5 Å². The number of methoxy groups -OCH3 is 1. The normalized spacial score (nSPS) is 23.6. The van der Waals surface area contributed by atoms with Gasteiger partial charge in [-0.15, -0.1) is 0 Å². The van der Waals surface area contributed by atoms with Gasteiger partial charge in [0.2, 0.25) is 5.91 Å².